The number of sulfonamides is 2. The standard InChI is InChI=1S/2C19H26N2O7S/c2*1-3-28-17(22)12-7-14-6-4-5-13-21(18(14)19(23)20-24)29(25,26)16-10-8-15(27-2)9-11-16/h2*7-12,14,18,24H,3-6,13H2,1-2H3,(H,20,23)/b2*12-7+. The highest BCUT2D eigenvalue weighted by Crippen LogP contribution is 2.32. The summed E-state index contributed by atoms with van der Waals surface area (Å²) in [5, 5.41) is 18.5. The van der Waals surface area contributed by atoms with E-state index < -0.39 is 67.7 Å². The molecule has 0 spiro atoms. The van der Waals surface area contributed by atoms with Crippen LogP contribution in [0, 0.1) is 11.8 Å². The van der Waals surface area contributed by atoms with Crippen LogP contribution < -0.4 is 20.4 Å². The average Bonchev–Trinajstić information content (AvgIpc) is 3.59. The van der Waals surface area contributed by atoms with E-state index in [0.29, 0.717) is 50.0 Å². The Labute approximate surface area is 338 Å². The van der Waals surface area contributed by atoms with Gasteiger partial charge in [-0.25, -0.2) is 37.4 Å². The Morgan fingerprint density at radius 3 is 1.28 bits per heavy atom. The molecule has 0 radical (unpaired) electrons. The van der Waals surface area contributed by atoms with Crippen LogP contribution in [0.15, 0.2) is 82.6 Å². The number of methoxy groups -OCH3 is 2. The maximum atomic E-state index is 13.3. The number of ether oxygens (including phenoxy) is 4. The van der Waals surface area contributed by atoms with Crippen LogP contribution in [0.3, 0.4) is 0 Å². The number of nitrogens with zero attached hydrogens (tertiary/aromatic N) is 2. The van der Waals surface area contributed by atoms with Crippen molar-refractivity contribution in [2.75, 3.05) is 40.5 Å². The number of nitrogens with one attached hydrogen (secondary N) is 2. The van der Waals surface area contributed by atoms with E-state index in [1.807, 2.05) is 0 Å². The van der Waals surface area contributed by atoms with Gasteiger partial charge in [-0.3, -0.25) is 20.0 Å². The van der Waals surface area contributed by atoms with Crippen molar-refractivity contribution in [3.63, 3.8) is 0 Å². The molecule has 4 rings (SSSR count). The molecule has 2 aliphatic heterocycles. The van der Waals surface area contributed by atoms with Crippen LogP contribution in [0.4, 0.5) is 0 Å². The fourth-order valence-corrected chi connectivity index (χ4v) is 9.94. The molecule has 2 amide bonds. The molecule has 4 atom stereocenters. The van der Waals surface area contributed by atoms with Crippen molar-refractivity contribution in [2.24, 2.45) is 11.8 Å². The molecule has 0 saturated carbocycles. The van der Waals surface area contributed by atoms with Gasteiger partial charge in [-0.1, -0.05) is 25.0 Å². The summed E-state index contributed by atoms with van der Waals surface area (Å²) in [7, 11) is -5.14. The van der Waals surface area contributed by atoms with Crippen LogP contribution in [-0.2, 0) is 48.7 Å². The molecule has 0 aromatic heterocycles. The molecule has 2 aliphatic rings. The topological polar surface area (TPSA) is 244 Å². The lowest BCUT2D eigenvalue weighted by molar-refractivity contribution is -0.138. The fraction of sp³-hybridized carbons (Fsp3) is 0.474. The van der Waals surface area contributed by atoms with Gasteiger partial charge < -0.3 is 18.9 Å². The Kier molecular flexibility index (Phi) is 18.8. The van der Waals surface area contributed by atoms with Gasteiger partial charge in [-0.05, 0) is 88.1 Å². The minimum Gasteiger partial charge on any atom is -0.497 e. The Hall–Kier alpha value is -4.86. The molecule has 2 aromatic rings. The number of amides is 2. The first-order chi connectivity index (χ1) is 27.7. The zero-order chi connectivity index (χ0) is 42.9. The van der Waals surface area contributed by atoms with Crippen molar-refractivity contribution < 1.29 is 65.4 Å². The molecule has 4 N–H and O–H groups in total. The molecule has 0 aliphatic carbocycles. The number of esters is 2. The minimum absolute atomic E-state index is 0.00376. The Bertz CT molecular complexity index is 1810. The van der Waals surface area contributed by atoms with Gasteiger partial charge in [-0.15, -0.1) is 0 Å². The summed E-state index contributed by atoms with van der Waals surface area (Å²) in [5.41, 5.74) is 3.12. The highest BCUT2D eigenvalue weighted by molar-refractivity contribution is 7.89. The Balaban J connectivity index is 0.000000310. The van der Waals surface area contributed by atoms with Gasteiger partial charge in [0, 0.05) is 37.1 Å². The first-order valence-corrected chi connectivity index (χ1v) is 21.5. The smallest absolute Gasteiger partial charge is 0.330 e. The Morgan fingerprint density at radius 2 is 0.983 bits per heavy atom. The Morgan fingerprint density at radius 1 is 0.638 bits per heavy atom. The molecule has 320 valence electrons. The number of benzene rings is 2. The molecular formula is C38H52N4O14S2. The van der Waals surface area contributed by atoms with Crippen molar-refractivity contribution in [3.8, 4) is 11.5 Å². The maximum absolute atomic E-state index is 13.3. The highest BCUT2D eigenvalue weighted by atomic mass is 32.2. The SMILES string of the molecule is CCOC(=O)/C=C/C1CCCCN(S(=O)(=O)c2ccc(OC)cc2)C1C(=O)NO.CCOC(=O)/C=C/C1CCCCN(S(=O)(=O)c2ccc(OC)cc2)C1C(=O)NO. The summed E-state index contributed by atoms with van der Waals surface area (Å²) in [5.74, 6) is -3.09. The van der Waals surface area contributed by atoms with E-state index in [9.17, 15) is 46.4 Å². The van der Waals surface area contributed by atoms with E-state index >= 15 is 0 Å². The van der Waals surface area contributed by atoms with E-state index in [4.69, 9.17) is 18.9 Å². The largest absolute Gasteiger partial charge is 0.497 e. The molecule has 2 heterocycles. The number of hydroxylamine groups is 2. The number of carbonyl (C=O) groups excluding carboxylic acids is 4. The van der Waals surface area contributed by atoms with Crippen LogP contribution in [-0.4, -0.2) is 112 Å². The molecule has 4 unspecified atom stereocenters. The van der Waals surface area contributed by atoms with Gasteiger partial charge in [0.1, 0.15) is 23.6 Å². The van der Waals surface area contributed by atoms with Crippen LogP contribution in [0.1, 0.15) is 52.4 Å². The van der Waals surface area contributed by atoms with Crippen molar-refractivity contribution in [3.05, 3.63) is 72.8 Å². The van der Waals surface area contributed by atoms with Gasteiger partial charge in [0.2, 0.25) is 20.0 Å². The zero-order valence-electron chi connectivity index (χ0n) is 32.8. The lowest BCUT2D eigenvalue weighted by atomic mass is 9.94. The van der Waals surface area contributed by atoms with E-state index in [2.05, 4.69) is 0 Å². The summed E-state index contributed by atoms with van der Waals surface area (Å²) < 4.78 is 75.0. The molecule has 18 nitrogen and oxygen atoms in total. The second-order valence-electron chi connectivity index (χ2n) is 13.0. The monoisotopic (exact) mass is 852 g/mol. The first kappa shape index (κ1) is 47.5. The van der Waals surface area contributed by atoms with Gasteiger partial charge in [0.05, 0.1) is 37.2 Å². The van der Waals surface area contributed by atoms with Gasteiger partial charge in [0.25, 0.3) is 11.8 Å². The predicted molar refractivity (Wildman–Crippen MR) is 207 cm³/mol. The molecule has 20 heteroatoms. The van der Waals surface area contributed by atoms with Gasteiger partial charge >= 0.3 is 11.9 Å². The predicted octanol–water partition coefficient (Wildman–Crippen LogP) is 2.96. The normalized spacial score (nSPS) is 20.8. The molecule has 2 fully saturated rings. The fourth-order valence-electron chi connectivity index (χ4n) is 6.59. The van der Waals surface area contributed by atoms with Crippen molar-refractivity contribution in [1.82, 2.24) is 19.6 Å². The minimum atomic E-state index is -4.04. The number of rotatable bonds is 14. The van der Waals surface area contributed by atoms with Crippen molar-refractivity contribution in [1.29, 1.82) is 0 Å². The number of hydrogen-bond acceptors (Lipinski definition) is 14. The molecule has 2 aromatic carbocycles. The summed E-state index contributed by atoms with van der Waals surface area (Å²) >= 11 is 0. The van der Waals surface area contributed by atoms with Crippen molar-refractivity contribution in [2.45, 2.75) is 74.2 Å². The molecular weight excluding hydrogens is 801 g/mol. The molecule has 2 saturated heterocycles. The lowest BCUT2D eigenvalue weighted by Crippen LogP contribution is -2.51. The third kappa shape index (κ3) is 12.6. The summed E-state index contributed by atoms with van der Waals surface area (Å²) in [6.45, 7) is 3.95. The second kappa shape index (κ2) is 22.9. The summed E-state index contributed by atoms with van der Waals surface area (Å²) in [4.78, 5) is 48.3. The van der Waals surface area contributed by atoms with Gasteiger partial charge in [0.15, 0.2) is 0 Å². The zero-order valence-corrected chi connectivity index (χ0v) is 34.4. The van der Waals surface area contributed by atoms with E-state index in [0.717, 1.165) is 8.61 Å². The lowest BCUT2D eigenvalue weighted by Gasteiger charge is -2.31. The summed E-state index contributed by atoms with van der Waals surface area (Å²) in [6, 6.07) is 9.25. The van der Waals surface area contributed by atoms with Crippen LogP contribution in [0.2, 0.25) is 0 Å². The third-order valence-corrected chi connectivity index (χ3v) is 13.2. The average molecular weight is 853 g/mol. The summed E-state index contributed by atoms with van der Waals surface area (Å²) in [6.07, 6.45) is 8.65. The van der Waals surface area contributed by atoms with Gasteiger partial charge in [-0.2, -0.15) is 8.61 Å². The first-order valence-electron chi connectivity index (χ1n) is 18.6. The van der Waals surface area contributed by atoms with E-state index in [-0.39, 0.29) is 36.1 Å². The van der Waals surface area contributed by atoms with Crippen LogP contribution in [0.5, 0.6) is 11.5 Å². The third-order valence-electron chi connectivity index (χ3n) is 9.39. The second-order valence-corrected chi connectivity index (χ2v) is 16.7. The number of hydrogen-bond donors (Lipinski definition) is 4. The van der Waals surface area contributed by atoms with E-state index in [1.54, 1.807) is 24.8 Å². The quantitative estimate of drug-likeness (QED) is 0.0925. The molecule has 58 heavy (non-hydrogen) atoms. The molecule has 0 bridgehead atoms. The van der Waals surface area contributed by atoms with Crippen LogP contribution in [0.25, 0.3) is 0 Å². The maximum Gasteiger partial charge on any atom is 0.330 e. The van der Waals surface area contributed by atoms with E-state index in [1.165, 1.54) is 87.1 Å². The van der Waals surface area contributed by atoms with Crippen LogP contribution >= 0.6 is 0 Å². The number of carbonyl (C=O) groups is 4. The highest BCUT2D eigenvalue weighted by Gasteiger charge is 2.42. The van der Waals surface area contributed by atoms with Crippen molar-refractivity contribution >= 4 is 43.8 Å².